The maximum absolute atomic E-state index is 4.89. The fourth-order valence-corrected chi connectivity index (χ4v) is 4.43. The molecular formula is C20H22N4S. The van der Waals surface area contributed by atoms with E-state index in [1.54, 1.807) is 0 Å². The molecule has 5 heteroatoms. The van der Waals surface area contributed by atoms with Crippen molar-refractivity contribution in [2.75, 3.05) is 23.4 Å². The van der Waals surface area contributed by atoms with Crippen LogP contribution in [-0.2, 0) is 6.42 Å². The van der Waals surface area contributed by atoms with Crippen LogP contribution in [0.1, 0.15) is 29.1 Å². The zero-order valence-electron chi connectivity index (χ0n) is 14.8. The molecule has 2 aromatic heterocycles. The second-order valence-electron chi connectivity index (χ2n) is 6.49. The highest BCUT2D eigenvalue weighted by molar-refractivity contribution is 7.10. The summed E-state index contributed by atoms with van der Waals surface area (Å²) in [4.78, 5) is 15.4. The molecule has 1 aliphatic heterocycles. The largest absolute Gasteiger partial charge is 0.349 e. The molecule has 1 atom stereocenters. The van der Waals surface area contributed by atoms with Gasteiger partial charge in [-0.3, -0.25) is 0 Å². The number of nitrogens with zero attached hydrogens (tertiary/aromatic N) is 4. The summed E-state index contributed by atoms with van der Waals surface area (Å²) in [6.07, 6.45) is 1.08. The van der Waals surface area contributed by atoms with E-state index in [1.165, 1.54) is 10.4 Å². The quantitative estimate of drug-likeness (QED) is 0.683. The van der Waals surface area contributed by atoms with Crippen LogP contribution in [0.15, 0.2) is 47.8 Å². The predicted octanol–water partition coefficient (Wildman–Crippen LogP) is 4.74. The molecule has 1 aromatic carbocycles. The number of rotatable bonds is 3. The molecule has 0 N–H and O–H groups in total. The van der Waals surface area contributed by atoms with E-state index in [0.717, 1.165) is 36.1 Å². The number of benzene rings is 1. The third-order valence-corrected chi connectivity index (χ3v) is 5.95. The van der Waals surface area contributed by atoms with E-state index in [9.17, 15) is 0 Å². The Morgan fingerprint density at radius 2 is 1.96 bits per heavy atom. The molecule has 25 heavy (non-hydrogen) atoms. The summed E-state index contributed by atoms with van der Waals surface area (Å²) in [6.45, 7) is 5.31. The molecule has 128 valence electrons. The number of aromatic nitrogens is 2. The molecule has 4 nitrogen and oxygen atoms in total. The molecule has 3 heterocycles. The molecular weight excluding hydrogens is 328 g/mol. The summed E-state index contributed by atoms with van der Waals surface area (Å²) >= 11 is 1.85. The molecule has 3 aromatic rings. The van der Waals surface area contributed by atoms with E-state index in [2.05, 4.69) is 46.5 Å². The van der Waals surface area contributed by atoms with Crippen LogP contribution in [0.3, 0.4) is 0 Å². The van der Waals surface area contributed by atoms with Crippen molar-refractivity contribution in [1.82, 2.24) is 9.97 Å². The second-order valence-corrected chi connectivity index (χ2v) is 7.44. The maximum atomic E-state index is 4.89. The lowest BCUT2D eigenvalue weighted by atomic mass is 10.0. The maximum Gasteiger partial charge on any atom is 0.231 e. The molecule has 0 fully saturated rings. The van der Waals surface area contributed by atoms with Gasteiger partial charge < -0.3 is 9.80 Å². The van der Waals surface area contributed by atoms with E-state index in [1.807, 2.05) is 48.4 Å². The van der Waals surface area contributed by atoms with Crippen LogP contribution in [0, 0.1) is 6.92 Å². The Balaban J connectivity index is 1.69. The Labute approximate surface area is 152 Å². The monoisotopic (exact) mass is 350 g/mol. The highest BCUT2D eigenvalue weighted by Crippen LogP contribution is 2.36. The minimum absolute atomic E-state index is 0.355. The molecule has 1 aliphatic rings. The molecule has 0 amide bonds. The number of fused-ring (bicyclic) bond motifs is 1. The van der Waals surface area contributed by atoms with Gasteiger partial charge in [0.25, 0.3) is 0 Å². The second kappa shape index (κ2) is 6.48. The third kappa shape index (κ3) is 3.00. The molecule has 0 saturated carbocycles. The summed E-state index contributed by atoms with van der Waals surface area (Å²) in [5, 5.41) is 2.20. The van der Waals surface area contributed by atoms with Crippen molar-refractivity contribution in [1.29, 1.82) is 0 Å². The van der Waals surface area contributed by atoms with Crippen LogP contribution < -0.4 is 9.80 Å². The summed E-state index contributed by atoms with van der Waals surface area (Å²) in [5.74, 6) is 1.75. The van der Waals surface area contributed by atoms with Crippen molar-refractivity contribution in [2.45, 2.75) is 26.3 Å². The van der Waals surface area contributed by atoms with Crippen molar-refractivity contribution in [3.8, 4) is 0 Å². The Bertz CT molecular complexity index is 874. The minimum atomic E-state index is 0.355. The normalized spacial score (nSPS) is 16.6. The topological polar surface area (TPSA) is 32.3 Å². The summed E-state index contributed by atoms with van der Waals surface area (Å²) in [5.41, 5.74) is 3.57. The zero-order chi connectivity index (χ0) is 17.4. The fourth-order valence-electron chi connectivity index (χ4n) is 3.41. The van der Waals surface area contributed by atoms with Crippen LogP contribution in [0.2, 0.25) is 0 Å². The lowest BCUT2D eigenvalue weighted by molar-refractivity contribution is 0.628. The molecule has 1 unspecified atom stereocenters. The van der Waals surface area contributed by atoms with Gasteiger partial charge in [-0.2, -0.15) is 4.98 Å². The van der Waals surface area contributed by atoms with Crippen molar-refractivity contribution < 1.29 is 0 Å². The summed E-state index contributed by atoms with van der Waals surface area (Å²) in [6, 6.07) is 15.0. The van der Waals surface area contributed by atoms with E-state index in [0.29, 0.717) is 6.04 Å². The van der Waals surface area contributed by atoms with Crippen LogP contribution in [0.25, 0.3) is 0 Å². The fraction of sp³-hybridized carbons (Fsp3) is 0.300. The summed E-state index contributed by atoms with van der Waals surface area (Å²) < 4.78 is 0. The first-order valence-electron chi connectivity index (χ1n) is 8.61. The Kier molecular flexibility index (Phi) is 4.17. The molecule has 4 rings (SSSR count). The van der Waals surface area contributed by atoms with Crippen molar-refractivity contribution in [3.63, 3.8) is 0 Å². The number of para-hydroxylation sites is 1. The van der Waals surface area contributed by atoms with Gasteiger partial charge in [-0.05, 0) is 49.4 Å². The van der Waals surface area contributed by atoms with Gasteiger partial charge in [0.2, 0.25) is 5.95 Å². The SMILES string of the molecule is Cc1cc(N2CCc3ccsc3C2C)nc(N(C)c2ccccc2)n1. The number of anilines is 3. The first-order valence-corrected chi connectivity index (χ1v) is 9.49. The van der Waals surface area contributed by atoms with Gasteiger partial charge in [-0.15, -0.1) is 11.3 Å². The van der Waals surface area contributed by atoms with E-state index < -0.39 is 0 Å². The highest BCUT2D eigenvalue weighted by atomic mass is 32.1. The van der Waals surface area contributed by atoms with Gasteiger partial charge in [-0.25, -0.2) is 4.98 Å². The van der Waals surface area contributed by atoms with Gasteiger partial charge in [-0.1, -0.05) is 18.2 Å². The molecule has 0 saturated heterocycles. The Morgan fingerprint density at radius 1 is 1.16 bits per heavy atom. The number of hydrogen-bond acceptors (Lipinski definition) is 5. The number of hydrogen-bond donors (Lipinski definition) is 0. The van der Waals surface area contributed by atoms with Gasteiger partial charge in [0.15, 0.2) is 0 Å². The lowest BCUT2D eigenvalue weighted by Gasteiger charge is -2.35. The van der Waals surface area contributed by atoms with Gasteiger partial charge in [0, 0.05) is 35.9 Å². The Morgan fingerprint density at radius 3 is 2.76 bits per heavy atom. The summed E-state index contributed by atoms with van der Waals surface area (Å²) in [7, 11) is 2.02. The van der Waals surface area contributed by atoms with E-state index >= 15 is 0 Å². The smallest absolute Gasteiger partial charge is 0.231 e. The highest BCUT2D eigenvalue weighted by Gasteiger charge is 2.26. The average molecular weight is 350 g/mol. The molecule has 0 spiro atoms. The molecule has 0 bridgehead atoms. The van der Waals surface area contributed by atoms with Crippen LogP contribution in [-0.4, -0.2) is 23.6 Å². The van der Waals surface area contributed by atoms with Crippen molar-refractivity contribution in [3.05, 3.63) is 64.0 Å². The third-order valence-electron chi connectivity index (χ3n) is 4.82. The van der Waals surface area contributed by atoms with Crippen LogP contribution >= 0.6 is 11.3 Å². The minimum Gasteiger partial charge on any atom is -0.349 e. The number of thiophene rings is 1. The number of aryl methyl sites for hydroxylation is 1. The molecule has 0 aliphatic carbocycles. The van der Waals surface area contributed by atoms with Crippen LogP contribution in [0.5, 0.6) is 0 Å². The van der Waals surface area contributed by atoms with Gasteiger partial charge >= 0.3 is 0 Å². The Hall–Kier alpha value is -2.40. The van der Waals surface area contributed by atoms with Crippen molar-refractivity contribution >= 4 is 28.8 Å². The first kappa shape index (κ1) is 16.1. The average Bonchev–Trinajstić information content (AvgIpc) is 3.11. The van der Waals surface area contributed by atoms with Crippen LogP contribution in [0.4, 0.5) is 17.5 Å². The van der Waals surface area contributed by atoms with Crippen molar-refractivity contribution in [2.24, 2.45) is 0 Å². The molecule has 0 radical (unpaired) electrons. The standard InChI is InChI=1S/C20H22N4S/c1-14-13-18(24-11-9-16-10-12-25-19(16)15(24)2)22-20(21-14)23(3)17-7-5-4-6-8-17/h4-8,10,12-13,15H,9,11H2,1-3H3. The first-order chi connectivity index (χ1) is 12.1. The zero-order valence-corrected chi connectivity index (χ0v) is 15.6. The lowest BCUT2D eigenvalue weighted by Crippen LogP contribution is -2.34. The van der Waals surface area contributed by atoms with Gasteiger partial charge in [0.05, 0.1) is 6.04 Å². The van der Waals surface area contributed by atoms with E-state index in [4.69, 9.17) is 4.98 Å². The van der Waals surface area contributed by atoms with Gasteiger partial charge in [0.1, 0.15) is 5.82 Å². The van der Waals surface area contributed by atoms with E-state index in [-0.39, 0.29) is 0 Å². The predicted molar refractivity (Wildman–Crippen MR) is 105 cm³/mol.